The largest absolute Gasteiger partial charge is 0.491 e. The third-order valence-electron chi connectivity index (χ3n) is 5.23. The topological polar surface area (TPSA) is 54.0 Å². The molecule has 3 rings (SSSR count). The molecule has 0 spiro atoms. The van der Waals surface area contributed by atoms with Gasteiger partial charge < -0.3 is 18.9 Å². The molecule has 0 saturated carbocycles. The molecule has 0 aliphatic heterocycles. The molecule has 0 bridgehead atoms. The second-order valence-corrected chi connectivity index (χ2v) is 7.96. The molecule has 0 aliphatic rings. The minimum absolute atomic E-state index is 0.115. The Morgan fingerprint density at radius 2 is 1.34 bits per heavy atom. The van der Waals surface area contributed by atoms with Gasteiger partial charge in [0.15, 0.2) is 0 Å². The number of carbonyl (C=O) groups excluding carboxylic acids is 1. The van der Waals surface area contributed by atoms with Crippen molar-refractivity contribution in [2.75, 3.05) is 33.0 Å². The van der Waals surface area contributed by atoms with Crippen molar-refractivity contribution in [2.24, 2.45) is 0 Å². The summed E-state index contributed by atoms with van der Waals surface area (Å²) in [5.41, 5.74) is 2.83. The monoisotopic (exact) mass is 514 g/mol. The highest BCUT2D eigenvalue weighted by Gasteiger charge is 2.04. The van der Waals surface area contributed by atoms with Gasteiger partial charge in [-0.1, -0.05) is 85.5 Å². The van der Waals surface area contributed by atoms with Crippen molar-refractivity contribution < 1.29 is 28.1 Å². The van der Waals surface area contributed by atoms with Crippen LogP contribution in [0.3, 0.4) is 0 Å². The SMILES string of the molecule is C=CCOCCOc1ccccc1/C=C/c1ccc(/C=C/c2ccccc2OCCOC(=O)C=C)cc1F. The molecule has 0 amide bonds. The van der Waals surface area contributed by atoms with Gasteiger partial charge >= 0.3 is 5.97 Å². The second kappa shape index (κ2) is 15.6. The molecule has 0 heterocycles. The van der Waals surface area contributed by atoms with Gasteiger partial charge in [0.05, 0.1) is 13.2 Å². The molecule has 0 unspecified atom stereocenters. The molecule has 3 aromatic rings. The number of para-hydroxylation sites is 2. The molecule has 0 aromatic heterocycles. The van der Waals surface area contributed by atoms with Crippen LogP contribution in [0, 0.1) is 5.82 Å². The van der Waals surface area contributed by atoms with Gasteiger partial charge in [0.2, 0.25) is 0 Å². The van der Waals surface area contributed by atoms with E-state index >= 15 is 0 Å². The average Bonchev–Trinajstić information content (AvgIpc) is 2.94. The predicted octanol–water partition coefficient (Wildman–Crippen LogP) is 6.86. The van der Waals surface area contributed by atoms with Crippen LogP contribution in [0.2, 0.25) is 0 Å². The molecule has 0 fully saturated rings. The van der Waals surface area contributed by atoms with Crippen molar-refractivity contribution in [1.82, 2.24) is 0 Å². The van der Waals surface area contributed by atoms with Crippen LogP contribution in [0.25, 0.3) is 24.3 Å². The molecular formula is C32H31FO5. The molecule has 0 radical (unpaired) electrons. The third kappa shape index (κ3) is 9.22. The Morgan fingerprint density at radius 1 is 0.737 bits per heavy atom. The Balaban J connectivity index is 1.63. The number of carbonyl (C=O) groups is 1. The van der Waals surface area contributed by atoms with Crippen LogP contribution in [0.5, 0.6) is 11.5 Å². The van der Waals surface area contributed by atoms with E-state index in [1.807, 2.05) is 72.8 Å². The average molecular weight is 515 g/mol. The summed E-state index contributed by atoms with van der Waals surface area (Å²) in [7, 11) is 0. The van der Waals surface area contributed by atoms with Gasteiger partial charge in [0.1, 0.15) is 37.1 Å². The summed E-state index contributed by atoms with van der Waals surface area (Å²) in [5, 5.41) is 0. The zero-order chi connectivity index (χ0) is 27.0. The van der Waals surface area contributed by atoms with Crippen LogP contribution >= 0.6 is 0 Å². The first-order valence-electron chi connectivity index (χ1n) is 12.2. The van der Waals surface area contributed by atoms with E-state index in [1.54, 1.807) is 18.2 Å². The van der Waals surface area contributed by atoms with Crippen LogP contribution in [-0.4, -0.2) is 39.0 Å². The molecule has 196 valence electrons. The Kier molecular flexibility index (Phi) is 11.6. The van der Waals surface area contributed by atoms with E-state index in [4.69, 9.17) is 18.9 Å². The van der Waals surface area contributed by atoms with Crippen LogP contribution in [0.1, 0.15) is 22.3 Å². The van der Waals surface area contributed by atoms with Gasteiger partial charge in [-0.2, -0.15) is 0 Å². The maximum absolute atomic E-state index is 14.9. The molecule has 6 heteroatoms. The number of esters is 1. The van der Waals surface area contributed by atoms with Crippen LogP contribution in [-0.2, 0) is 14.3 Å². The lowest BCUT2D eigenvalue weighted by Crippen LogP contribution is -2.10. The van der Waals surface area contributed by atoms with Gasteiger partial charge in [-0.25, -0.2) is 9.18 Å². The van der Waals surface area contributed by atoms with Crippen molar-refractivity contribution >= 4 is 30.3 Å². The summed E-state index contributed by atoms with van der Waals surface area (Å²) in [6.45, 7) is 8.63. The normalized spacial score (nSPS) is 11.0. The summed E-state index contributed by atoms with van der Waals surface area (Å²) in [5.74, 6) is 0.495. The van der Waals surface area contributed by atoms with Crippen molar-refractivity contribution in [3.63, 3.8) is 0 Å². The number of rotatable bonds is 15. The highest BCUT2D eigenvalue weighted by molar-refractivity contribution is 5.81. The third-order valence-corrected chi connectivity index (χ3v) is 5.23. The van der Waals surface area contributed by atoms with Crippen molar-refractivity contribution in [1.29, 1.82) is 0 Å². The molecule has 3 aromatic carbocycles. The summed E-state index contributed by atoms with van der Waals surface area (Å²) in [4.78, 5) is 11.1. The fraction of sp³-hybridized carbons (Fsp3) is 0.156. The standard InChI is InChI=1S/C32H31FO5/c1-3-19-35-20-21-36-31-12-8-6-10-28(31)18-17-26-15-13-25(24-29(26)33)14-16-27-9-5-7-11-30(27)37-22-23-38-32(34)4-2/h3-18,24H,1-2,19-23H2/b16-14+,18-17+. The minimum Gasteiger partial charge on any atom is -0.491 e. The Labute approximate surface area is 223 Å². The zero-order valence-corrected chi connectivity index (χ0v) is 21.2. The van der Waals surface area contributed by atoms with E-state index in [9.17, 15) is 9.18 Å². The van der Waals surface area contributed by atoms with E-state index in [0.717, 1.165) is 17.2 Å². The first-order valence-corrected chi connectivity index (χ1v) is 12.2. The fourth-order valence-corrected chi connectivity index (χ4v) is 3.38. The Morgan fingerprint density at radius 3 is 1.97 bits per heavy atom. The van der Waals surface area contributed by atoms with Crippen molar-refractivity contribution in [3.8, 4) is 11.5 Å². The zero-order valence-electron chi connectivity index (χ0n) is 21.2. The first-order chi connectivity index (χ1) is 18.6. The fourth-order valence-electron chi connectivity index (χ4n) is 3.38. The first kappa shape index (κ1) is 28.2. The number of ether oxygens (including phenoxy) is 4. The number of benzene rings is 3. The van der Waals surface area contributed by atoms with Crippen molar-refractivity contribution in [3.05, 3.63) is 120 Å². The van der Waals surface area contributed by atoms with E-state index < -0.39 is 5.97 Å². The Bertz CT molecular complexity index is 1280. The van der Waals surface area contributed by atoms with Crippen LogP contribution < -0.4 is 9.47 Å². The molecule has 38 heavy (non-hydrogen) atoms. The molecule has 0 N–H and O–H groups in total. The van der Waals surface area contributed by atoms with E-state index in [1.165, 1.54) is 6.07 Å². The van der Waals surface area contributed by atoms with Gasteiger partial charge in [0.25, 0.3) is 0 Å². The molecule has 0 aliphatic carbocycles. The van der Waals surface area contributed by atoms with Crippen LogP contribution in [0.4, 0.5) is 4.39 Å². The highest BCUT2D eigenvalue weighted by Crippen LogP contribution is 2.23. The summed E-state index contributed by atoms with van der Waals surface area (Å²) in [6, 6.07) is 20.1. The number of halogens is 1. The van der Waals surface area contributed by atoms with Crippen molar-refractivity contribution in [2.45, 2.75) is 0 Å². The smallest absolute Gasteiger partial charge is 0.330 e. The quantitative estimate of drug-likeness (QED) is 0.0730. The van der Waals surface area contributed by atoms with E-state index in [2.05, 4.69) is 13.2 Å². The maximum atomic E-state index is 14.9. The second-order valence-electron chi connectivity index (χ2n) is 7.96. The Hall–Kier alpha value is -4.42. The summed E-state index contributed by atoms with van der Waals surface area (Å²) >= 11 is 0. The lowest BCUT2D eigenvalue weighted by atomic mass is 10.1. The molecule has 0 saturated heterocycles. The highest BCUT2D eigenvalue weighted by atomic mass is 19.1. The summed E-state index contributed by atoms with van der Waals surface area (Å²) in [6.07, 6.45) is 10.0. The van der Waals surface area contributed by atoms with Gasteiger partial charge in [-0.15, -0.1) is 6.58 Å². The number of hydrogen-bond acceptors (Lipinski definition) is 5. The molecular weight excluding hydrogens is 483 g/mol. The minimum atomic E-state index is -0.496. The molecule has 0 atom stereocenters. The van der Waals surface area contributed by atoms with Gasteiger partial charge in [0, 0.05) is 22.8 Å². The van der Waals surface area contributed by atoms with Gasteiger partial charge in [-0.05, 0) is 23.8 Å². The lowest BCUT2D eigenvalue weighted by molar-refractivity contribution is -0.138. The van der Waals surface area contributed by atoms with Crippen LogP contribution in [0.15, 0.2) is 92.0 Å². The summed E-state index contributed by atoms with van der Waals surface area (Å²) < 4.78 is 36.7. The maximum Gasteiger partial charge on any atom is 0.330 e. The number of hydrogen-bond donors (Lipinski definition) is 0. The lowest BCUT2D eigenvalue weighted by Gasteiger charge is -2.09. The molecule has 5 nitrogen and oxygen atoms in total. The van der Waals surface area contributed by atoms with E-state index in [0.29, 0.717) is 42.4 Å². The van der Waals surface area contributed by atoms with E-state index in [-0.39, 0.29) is 19.0 Å². The van der Waals surface area contributed by atoms with Gasteiger partial charge in [-0.3, -0.25) is 0 Å². The predicted molar refractivity (Wildman–Crippen MR) is 150 cm³/mol.